The highest BCUT2D eigenvalue weighted by Crippen LogP contribution is 2.19. The number of esters is 1. The second kappa shape index (κ2) is 66.8. The number of allylic oxidation sites excluding steroid dienone is 3. The SMILES string of the molecule is CCCCCCCCC/C=C\CCCCCCCCCC(=O)OCCCCCCCCCCCCCCCCCCCCCCCCCCCCCCC(=O)NC(CO)C(O)/C=C/CCCCCCCCCCCCCC. The van der Waals surface area contributed by atoms with Crippen LogP contribution in [0.25, 0.3) is 0 Å². The van der Waals surface area contributed by atoms with Crippen LogP contribution in [0.3, 0.4) is 0 Å². The number of unbranched alkanes of at least 4 members (excludes halogenated alkanes) is 53. The van der Waals surface area contributed by atoms with E-state index in [9.17, 15) is 19.8 Å². The van der Waals surface area contributed by atoms with Crippen LogP contribution in [0, 0.1) is 0 Å². The maximum absolute atomic E-state index is 12.5. The van der Waals surface area contributed by atoms with Gasteiger partial charge in [-0.05, 0) is 57.8 Å². The predicted octanol–water partition coefficient (Wildman–Crippen LogP) is 22.5. The third-order valence-electron chi connectivity index (χ3n) is 16.5. The van der Waals surface area contributed by atoms with E-state index in [-0.39, 0.29) is 18.5 Å². The van der Waals surface area contributed by atoms with Gasteiger partial charge in [0.25, 0.3) is 0 Å². The van der Waals surface area contributed by atoms with Crippen LogP contribution >= 0.6 is 0 Å². The van der Waals surface area contributed by atoms with E-state index < -0.39 is 12.1 Å². The van der Waals surface area contributed by atoms with Crippen molar-refractivity contribution >= 4 is 11.9 Å². The van der Waals surface area contributed by atoms with Crippen LogP contribution in [0.4, 0.5) is 0 Å². The third kappa shape index (κ3) is 63.4. The van der Waals surface area contributed by atoms with E-state index in [4.69, 9.17) is 4.74 Å². The van der Waals surface area contributed by atoms with E-state index in [0.29, 0.717) is 19.4 Å². The quantitative estimate of drug-likeness (QED) is 0.0320. The molecule has 0 aromatic heterocycles. The van der Waals surface area contributed by atoms with Crippen molar-refractivity contribution in [3.63, 3.8) is 0 Å². The minimum Gasteiger partial charge on any atom is -0.466 e. The van der Waals surface area contributed by atoms with Gasteiger partial charge in [-0.1, -0.05) is 346 Å². The van der Waals surface area contributed by atoms with E-state index >= 15 is 0 Å². The van der Waals surface area contributed by atoms with Crippen LogP contribution in [-0.2, 0) is 14.3 Å². The molecule has 0 aliphatic rings. The molecule has 0 heterocycles. The molecule has 6 nitrogen and oxygen atoms in total. The van der Waals surface area contributed by atoms with Crippen molar-refractivity contribution in [3.05, 3.63) is 24.3 Å². The molecule has 0 radical (unpaired) electrons. The lowest BCUT2D eigenvalue weighted by atomic mass is 10.0. The van der Waals surface area contributed by atoms with Crippen molar-refractivity contribution in [1.29, 1.82) is 0 Å². The number of nitrogens with one attached hydrogen (secondary N) is 1. The molecule has 0 aromatic rings. The van der Waals surface area contributed by atoms with Crippen LogP contribution < -0.4 is 5.32 Å². The van der Waals surface area contributed by atoms with Gasteiger partial charge in [-0.2, -0.15) is 0 Å². The smallest absolute Gasteiger partial charge is 0.305 e. The Kier molecular flexibility index (Phi) is 65.4. The van der Waals surface area contributed by atoms with Gasteiger partial charge in [0, 0.05) is 12.8 Å². The van der Waals surface area contributed by atoms with Crippen molar-refractivity contribution < 1.29 is 24.5 Å². The zero-order chi connectivity index (χ0) is 55.7. The number of aliphatic hydroxyl groups excluding tert-OH is 2. The lowest BCUT2D eigenvalue weighted by Crippen LogP contribution is -2.45. The molecule has 456 valence electrons. The van der Waals surface area contributed by atoms with Gasteiger partial charge < -0.3 is 20.3 Å². The van der Waals surface area contributed by atoms with E-state index in [1.54, 1.807) is 6.08 Å². The summed E-state index contributed by atoms with van der Waals surface area (Å²) in [5, 5.41) is 23.1. The number of ether oxygens (including phenoxy) is 1. The first kappa shape index (κ1) is 75.3. The van der Waals surface area contributed by atoms with Gasteiger partial charge in [0.1, 0.15) is 0 Å². The zero-order valence-electron chi connectivity index (χ0n) is 52.2. The molecule has 3 N–H and O–H groups in total. The predicted molar refractivity (Wildman–Crippen MR) is 338 cm³/mol. The van der Waals surface area contributed by atoms with E-state index in [2.05, 4.69) is 31.3 Å². The summed E-state index contributed by atoms with van der Waals surface area (Å²) in [6.45, 7) is 4.93. The highest BCUT2D eigenvalue weighted by molar-refractivity contribution is 5.76. The Morgan fingerprint density at radius 2 is 0.610 bits per heavy atom. The summed E-state index contributed by atoms with van der Waals surface area (Å²) >= 11 is 0. The van der Waals surface area contributed by atoms with Crippen molar-refractivity contribution in [2.75, 3.05) is 13.2 Å². The molecular weight excluding hydrogens is 947 g/mol. The van der Waals surface area contributed by atoms with Crippen LogP contribution in [0.1, 0.15) is 393 Å². The molecule has 1 amide bonds. The lowest BCUT2D eigenvalue weighted by Gasteiger charge is -2.20. The second-order valence-corrected chi connectivity index (χ2v) is 24.2. The van der Waals surface area contributed by atoms with Crippen molar-refractivity contribution in [2.45, 2.75) is 405 Å². The largest absolute Gasteiger partial charge is 0.466 e. The summed E-state index contributed by atoms with van der Waals surface area (Å²) in [6, 6.07) is -0.625. The van der Waals surface area contributed by atoms with Crippen LogP contribution in [0.5, 0.6) is 0 Å². The Morgan fingerprint density at radius 1 is 0.351 bits per heavy atom. The molecule has 0 aliphatic heterocycles. The number of hydrogen-bond donors (Lipinski definition) is 3. The summed E-state index contributed by atoms with van der Waals surface area (Å²) in [5.41, 5.74) is 0. The number of aliphatic hydroxyl groups is 2. The highest BCUT2D eigenvalue weighted by atomic mass is 16.5. The molecule has 0 saturated heterocycles. The molecule has 0 aliphatic carbocycles. The minimum absolute atomic E-state index is 0.0162. The normalized spacial score (nSPS) is 12.6. The van der Waals surface area contributed by atoms with Gasteiger partial charge in [0.15, 0.2) is 0 Å². The highest BCUT2D eigenvalue weighted by Gasteiger charge is 2.18. The number of carbonyl (C=O) groups excluding carboxylic acids is 2. The molecule has 0 aromatic carbocycles. The van der Waals surface area contributed by atoms with Crippen LogP contribution in [-0.4, -0.2) is 47.4 Å². The molecule has 0 rings (SSSR count). The first-order chi connectivity index (χ1) is 38.0. The second-order valence-electron chi connectivity index (χ2n) is 24.2. The van der Waals surface area contributed by atoms with E-state index in [1.807, 2.05) is 6.08 Å². The molecule has 2 unspecified atom stereocenters. The fraction of sp³-hybridized carbons (Fsp3) is 0.915. The average Bonchev–Trinajstić information content (AvgIpc) is 3.43. The van der Waals surface area contributed by atoms with Crippen LogP contribution in [0.15, 0.2) is 24.3 Å². The maximum Gasteiger partial charge on any atom is 0.305 e. The average molecular weight is 1080 g/mol. The van der Waals surface area contributed by atoms with Gasteiger partial charge in [-0.15, -0.1) is 0 Å². The number of amides is 1. The third-order valence-corrected chi connectivity index (χ3v) is 16.5. The molecule has 0 saturated carbocycles. The van der Waals surface area contributed by atoms with Gasteiger partial charge in [-0.25, -0.2) is 0 Å². The van der Waals surface area contributed by atoms with Gasteiger partial charge in [0.05, 0.1) is 25.4 Å². The first-order valence-electron chi connectivity index (χ1n) is 35.1. The monoisotopic (exact) mass is 1080 g/mol. The summed E-state index contributed by atoms with van der Waals surface area (Å²) in [7, 11) is 0. The summed E-state index contributed by atoms with van der Waals surface area (Å²) < 4.78 is 5.51. The Balaban J connectivity index is 3.34. The number of hydrogen-bond acceptors (Lipinski definition) is 5. The summed E-state index contributed by atoms with van der Waals surface area (Å²) in [5.74, 6) is -0.0466. The molecule has 0 bridgehead atoms. The molecule has 2 atom stereocenters. The lowest BCUT2D eigenvalue weighted by molar-refractivity contribution is -0.143. The molecule has 77 heavy (non-hydrogen) atoms. The molecule has 0 fully saturated rings. The van der Waals surface area contributed by atoms with E-state index in [1.165, 1.54) is 321 Å². The Labute approximate surface area is 481 Å². The Bertz CT molecular complexity index is 1200. The molecule has 6 heteroatoms. The number of carbonyl (C=O) groups is 2. The summed E-state index contributed by atoms with van der Waals surface area (Å²) in [4.78, 5) is 24.6. The topological polar surface area (TPSA) is 95.9 Å². The van der Waals surface area contributed by atoms with Crippen molar-refractivity contribution in [1.82, 2.24) is 5.32 Å². The van der Waals surface area contributed by atoms with Crippen LogP contribution in [0.2, 0.25) is 0 Å². The van der Waals surface area contributed by atoms with Gasteiger partial charge in [-0.3, -0.25) is 9.59 Å². The fourth-order valence-corrected chi connectivity index (χ4v) is 11.1. The molecule has 0 spiro atoms. The number of rotatable bonds is 66. The van der Waals surface area contributed by atoms with Gasteiger partial charge in [0.2, 0.25) is 5.91 Å². The summed E-state index contributed by atoms with van der Waals surface area (Å²) in [6.07, 6.45) is 84.0. The minimum atomic E-state index is -0.841. The standard InChI is InChI=1S/C71H137NO5/c1-3-5-7-9-11-13-15-17-19-20-34-37-41-45-49-53-57-61-65-71(76)77-66-62-58-54-50-46-42-38-35-32-30-28-26-24-22-21-23-25-27-29-31-33-36-40-44-48-52-56-60-64-70(75)72-68(67-73)69(74)63-59-55-51-47-43-39-18-16-14-12-10-8-6-4-2/h19-20,59,63,68-69,73-74H,3-18,21-58,60-62,64-67H2,1-2H3,(H,72,75)/b20-19-,63-59+. The van der Waals surface area contributed by atoms with Gasteiger partial charge >= 0.3 is 5.97 Å². The Morgan fingerprint density at radius 3 is 0.922 bits per heavy atom. The van der Waals surface area contributed by atoms with E-state index in [0.717, 1.165) is 44.9 Å². The first-order valence-corrected chi connectivity index (χ1v) is 35.1. The fourth-order valence-electron chi connectivity index (χ4n) is 11.1. The van der Waals surface area contributed by atoms with Crippen molar-refractivity contribution in [2.24, 2.45) is 0 Å². The maximum atomic E-state index is 12.5. The van der Waals surface area contributed by atoms with Crippen molar-refractivity contribution in [3.8, 4) is 0 Å². The zero-order valence-corrected chi connectivity index (χ0v) is 52.2. The Hall–Kier alpha value is -1.66. The molecular formula is C71H137NO5.